The lowest BCUT2D eigenvalue weighted by atomic mass is 10.0. The summed E-state index contributed by atoms with van der Waals surface area (Å²) in [4.78, 5) is 19.8. The summed E-state index contributed by atoms with van der Waals surface area (Å²) in [6.07, 6.45) is -0.144. The number of benzene rings is 2. The number of pyridine rings is 1. The lowest BCUT2D eigenvalue weighted by molar-refractivity contribution is -0.137. The first kappa shape index (κ1) is 24.2. The second-order valence-electron chi connectivity index (χ2n) is 8.72. The standard InChI is InChI=1S/C26H24F3N5OS/c27-26(28,29)18-4-8-24(32-14-18)33-19-9-11-34(12-10-19)36-20-5-1-16(2-6-20)17-3-7-23-21(13-17)22(15-31-23)25(30)35/h1-8,13-15,19,31H,9-12H2,(H2,30,35)(H,32,33). The molecule has 2 aromatic heterocycles. The molecule has 186 valence electrons. The molecule has 1 aliphatic heterocycles. The first-order valence-electron chi connectivity index (χ1n) is 11.5. The van der Waals surface area contributed by atoms with Gasteiger partial charge in [0.15, 0.2) is 0 Å². The summed E-state index contributed by atoms with van der Waals surface area (Å²) in [5.41, 5.74) is 8.13. The molecule has 0 unspecified atom stereocenters. The van der Waals surface area contributed by atoms with Crippen molar-refractivity contribution in [2.24, 2.45) is 5.73 Å². The smallest absolute Gasteiger partial charge is 0.367 e. The third kappa shape index (κ3) is 5.34. The van der Waals surface area contributed by atoms with E-state index < -0.39 is 17.6 Å². The van der Waals surface area contributed by atoms with Crippen LogP contribution in [0.5, 0.6) is 0 Å². The lowest BCUT2D eigenvalue weighted by Crippen LogP contribution is -2.35. The lowest BCUT2D eigenvalue weighted by Gasteiger charge is -2.31. The Labute approximate surface area is 210 Å². The summed E-state index contributed by atoms with van der Waals surface area (Å²) >= 11 is 1.69. The zero-order valence-electron chi connectivity index (χ0n) is 19.2. The summed E-state index contributed by atoms with van der Waals surface area (Å²) in [6, 6.07) is 16.8. The van der Waals surface area contributed by atoms with Gasteiger partial charge in [0.25, 0.3) is 5.91 Å². The minimum atomic E-state index is -4.38. The number of aromatic nitrogens is 2. The molecule has 2 aromatic carbocycles. The van der Waals surface area contributed by atoms with Crippen molar-refractivity contribution in [3.05, 3.63) is 78.1 Å². The molecule has 0 atom stereocenters. The Bertz CT molecular complexity index is 1360. The second kappa shape index (κ2) is 9.87. The number of hydrogen-bond donors (Lipinski definition) is 3. The van der Waals surface area contributed by atoms with Gasteiger partial charge >= 0.3 is 6.18 Å². The highest BCUT2D eigenvalue weighted by Crippen LogP contribution is 2.32. The molecular weight excluding hydrogens is 487 g/mol. The number of halogens is 3. The van der Waals surface area contributed by atoms with Gasteiger partial charge in [-0.05, 0) is 72.3 Å². The number of nitrogens with two attached hydrogens (primary N) is 1. The van der Waals surface area contributed by atoms with Gasteiger partial charge in [0.2, 0.25) is 0 Å². The van der Waals surface area contributed by atoms with Gasteiger partial charge in [0.05, 0.1) is 11.1 Å². The van der Waals surface area contributed by atoms with Crippen LogP contribution in [0.2, 0.25) is 0 Å². The number of hydrogen-bond acceptors (Lipinski definition) is 5. The van der Waals surface area contributed by atoms with Crippen LogP contribution in [0, 0.1) is 0 Å². The number of carbonyl (C=O) groups excluding carboxylic acids is 1. The van der Waals surface area contributed by atoms with Crippen molar-refractivity contribution in [3.63, 3.8) is 0 Å². The fourth-order valence-corrected chi connectivity index (χ4v) is 5.26. The number of carbonyl (C=O) groups is 1. The third-order valence-corrected chi connectivity index (χ3v) is 7.37. The van der Waals surface area contributed by atoms with Gasteiger partial charge in [-0.25, -0.2) is 9.29 Å². The van der Waals surface area contributed by atoms with Gasteiger partial charge in [0, 0.05) is 47.3 Å². The maximum Gasteiger partial charge on any atom is 0.417 e. The quantitative estimate of drug-likeness (QED) is 0.279. The van der Waals surface area contributed by atoms with E-state index in [9.17, 15) is 18.0 Å². The number of primary amides is 1. The molecule has 36 heavy (non-hydrogen) atoms. The Morgan fingerprint density at radius 1 is 1.06 bits per heavy atom. The number of amides is 1. The number of nitrogens with one attached hydrogen (secondary N) is 2. The Morgan fingerprint density at radius 3 is 2.42 bits per heavy atom. The minimum absolute atomic E-state index is 0.169. The molecule has 0 spiro atoms. The number of piperidine rings is 1. The Morgan fingerprint density at radius 2 is 1.78 bits per heavy atom. The Hall–Kier alpha value is -3.50. The molecule has 5 rings (SSSR count). The van der Waals surface area contributed by atoms with Crippen LogP contribution >= 0.6 is 11.9 Å². The highest BCUT2D eigenvalue weighted by Gasteiger charge is 2.30. The fourth-order valence-electron chi connectivity index (χ4n) is 4.31. The number of fused-ring (bicyclic) bond motifs is 1. The maximum atomic E-state index is 12.7. The van der Waals surface area contributed by atoms with Gasteiger partial charge in [-0.15, -0.1) is 0 Å². The molecule has 1 amide bonds. The molecule has 10 heteroatoms. The van der Waals surface area contributed by atoms with Crippen LogP contribution in [0.15, 0.2) is 71.9 Å². The maximum absolute atomic E-state index is 12.7. The normalized spacial score (nSPS) is 15.3. The Kier molecular flexibility index (Phi) is 6.63. The van der Waals surface area contributed by atoms with E-state index in [1.54, 1.807) is 18.1 Å². The van der Waals surface area contributed by atoms with E-state index >= 15 is 0 Å². The van der Waals surface area contributed by atoms with Gasteiger partial charge in [-0.1, -0.05) is 18.2 Å². The topological polar surface area (TPSA) is 87.0 Å². The number of nitrogens with zero attached hydrogens (tertiary/aromatic N) is 2. The molecule has 0 bridgehead atoms. The monoisotopic (exact) mass is 511 g/mol. The SMILES string of the molecule is NC(=O)c1c[nH]c2ccc(-c3ccc(SN4CCC(Nc5ccc(C(F)(F)F)cn5)CC4)cc3)cc12. The molecule has 0 saturated carbocycles. The largest absolute Gasteiger partial charge is 0.417 e. The van der Waals surface area contributed by atoms with Crippen LogP contribution in [0.4, 0.5) is 19.0 Å². The third-order valence-electron chi connectivity index (χ3n) is 6.27. The van der Waals surface area contributed by atoms with E-state index in [-0.39, 0.29) is 6.04 Å². The fraction of sp³-hybridized carbons (Fsp3) is 0.231. The van der Waals surface area contributed by atoms with E-state index in [0.717, 1.165) is 65.1 Å². The number of aromatic amines is 1. The second-order valence-corrected chi connectivity index (χ2v) is 9.89. The Balaban J connectivity index is 1.16. The molecule has 4 N–H and O–H groups in total. The van der Waals surface area contributed by atoms with Crippen molar-refractivity contribution in [1.82, 2.24) is 14.3 Å². The van der Waals surface area contributed by atoms with Crippen molar-refractivity contribution < 1.29 is 18.0 Å². The summed E-state index contributed by atoms with van der Waals surface area (Å²) in [5.74, 6) is 0.00482. The number of alkyl halides is 3. The van der Waals surface area contributed by atoms with Crippen molar-refractivity contribution in [2.45, 2.75) is 30.0 Å². The summed E-state index contributed by atoms with van der Waals surface area (Å²) in [7, 11) is 0. The van der Waals surface area contributed by atoms with Crippen molar-refractivity contribution in [1.29, 1.82) is 0 Å². The van der Waals surface area contributed by atoms with E-state index in [0.29, 0.717) is 11.4 Å². The van der Waals surface area contributed by atoms with Crippen molar-refractivity contribution >= 4 is 34.6 Å². The average molecular weight is 512 g/mol. The van der Waals surface area contributed by atoms with Crippen LogP contribution in [0.1, 0.15) is 28.8 Å². The van der Waals surface area contributed by atoms with Crippen LogP contribution in [0.3, 0.4) is 0 Å². The molecule has 3 heterocycles. The number of rotatable bonds is 6. The first-order chi connectivity index (χ1) is 17.3. The predicted octanol–water partition coefficient (Wildman–Crippen LogP) is 5.93. The summed E-state index contributed by atoms with van der Waals surface area (Å²) in [5, 5.41) is 4.05. The van der Waals surface area contributed by atoms with E-state index in [1.807, 2.05) is 18.2 Å². The molecular formula is C26H24F3N5OS. The minimum Gasteiger partial charge on any atom is -0.367 e. The van der Waals surface area contributed by atoms with Crippen LogP contribution < -0.4 is 11.1 Å². The summed E-state index contributed by atoms with van der Waals surface area (Å²) < 4.78 is 40.4. The molecule has 0 aliphatic carbocycles. The molecule has 0 radical (unpaired) electrons. The van der Waals surface area contributed by atoms with Crippen molar-refractivity contribution in [3.8, 4) is 11.1 Å². The van der Waals surface area contributed by atoms with E-state index in [1.165, 1.54) is 6.07 Å². The van der Waals surface area contributed by atoms with Crippen LogP contribution in [-0.2, 0) is 6.18 Å². The highest BCUT2D eigenvalue weighted by atomic mass is 32.2. The molecule has 1 fully saturated rings. The van der Waals surface area contributed by atoms with Gasteiger partial charge in [0.1, 0.15) is 5.82 Å². The molecule has 4 aromatic rings. The molecule has 6 nitrogen and oxygen atoms in total. The summed E-state index contributed by atoms with van der Waals surface area (Å²) in [6.45, 7) is 1.70. The predicted molar refractivity (Wildman–Crippen MR) is 136 cm³/mol. The van der Waals surface area contributed by atoms with Gasteiger partial charge in [-0.3, -0.25) is 4.79 Å². The first-order valence-corrected chi connectivity index (χ1v) is 12.3. The van der Waals surface area contributed by atoms with Crippen LogP contribution in [0.25, 0.3) is 22.0 Å². The van der Waals surface area contributed by atoms with Gasteiger partial charge in [-0.2, -0.15) is 13.2 Å². The number of anilines is 1. The molecule has 1 aliphatic rings. The zero-order valence-corrected chi connectivity index (χ0v) is 20.0. The molecule has 1 saturated heterocycles. The average Bonchev–Trinajstić information content (AvgIpc) is 3.29. The van der Waals surface area contributed by atoms with Crippen LogP contribution in [-0.4, -0.2) is 39.3 Å². The zero-order chi connectivity index (χ0) is 25.3. The highest BCUT2D eigenvalue weighted by molar-refractivity contribution is 7.97. The number of H-pyrrole nitrogens is 1. The van der Waals surface area contributed by atoms with Gasteiger partial charge < -0.3 is 16.0 Å². The van der Waals surface area contributed by atoms with E-state index in [2.05, 4.69) is 43.9 Å². The van der Waals surface area contributed by atoms with E-state index in [4.69, 9.17) is 5.73 Å². The van der Waals surface area contributed by atoms with Crippen molar-refractivity contribution in [2.75, 3.05) is 18.4 Å².